The van der Waals surface area contributed by atoms with Gasteiger partial charge in [0.05, 0.1) is 7.11 Å². The molecular weight excluding hydrogens is 232 g/mol. The number of carbonyl (C=O) groups is 1. The van der Waals surface area contributed by atoms with Gasteiger partial charge in [0.1, 0.15) is 11.3 Å². The van der Waals surface area contributed by atoms with Crippen LogP contribution >= 0.6 is 0 Å². The molecule has 1 aromatic carbocycles. The van der Waals surface area contributed by atoms with Gasteiger partial charge >= 0.3 is 5.97 Å². The van der Waals surface area contributed by atoms with Crippen LogP contribution in [0.1, 0.15) is 34.5 Å². The van der Waals surface area contributed by atoms with Crippen LogP contribution in [0.25, 0.3) is 11.0 Å². The van der Waals surface area contributed by atoms with Crippen molar-refractivity contribution in [3.05, 3.63) is 29.0 Å². The van der Waals surface area contributed by atoms with Gasteiger partial charge < -0.3 is 14.3 Å². The van der Waals surface area contributed by atoms with E-state index in [0.29, 0.717) is 5.58 Å². The molecular formula is C14H14O4. The Morgan fingerprint density at radius 1 is 1.28 bits per heavy atom. The predicted molar refractivity (Wildman–Crippen MR) is 66.4 cm³/mol. The van der Waals surface area contributed by atoms with Crippen molar-refractivity contribution in [2.75, 3.05) is 7.11 Å². The highest BCUT2D eigenvalue weighted by Crippen LogP contribution is 2.38. The van der Waals surface area contributed by atoms with Gasteiger partial charge in [-0.3, -0.25) is 0 Å². The summed E-state index contributed by atoms with van der Waals surface area (Å²) < 4.78 is 10.8. The third-order valence-electron chi connectivity index (χ3n) is 3.54. The zero-order chi connectivity index (χ0) is 12.7. The number of aromatic carboxylic acids is 1. The lowest BCUT2D eigenvalue weighted by Crippen LogP contribution is -1.98. The molecule has 0 fully saturated rings. The summed E-state index contributed by atoms with van der Waals surface area (Å²) in [7, 11) is 1.64. The maximum atomic E-state index is 11.2. The molecule has 0 atom stereocenters. The van der Waals surface area contributed by atoms with Crippen molar-refractivity contribution in [2.45, 2.75) is 25.7 Å². The molecule has 0 aliphatic heterocycles. The largest absolute Gasteiger partial charge is 0.496 e. The van der Waals surface area contributed by atoms with E-state index in [-0.39, 0.29) is 5.76 Å². The Morgan fingerprint density at radius 3 is 2.67 bits per heavy atom. The normalized spacial score (nSPS) is 14.5. The molecule has 1 heterocycles. The molecule has 1 N–H and O–H groups in total. The van der Waals surface area contributed by atoms with E-state index in [9.17, 15) is 9.90 Å². The van der Waals surface area contributed by atoms with Crippen LogP contribution in [0.2, 0.25) is 0 Å². The molecule has 0 radical (unpaired) electrons. The molecule has 1 aliphatic rings. The molecule has 94 valence electrons. The molecule has 4 heteroatoms. The fourth-order valence-electron chi connectivity index (χ4n) is 2.76. The molecule has 3 rings (SSSR count). The number of hydrogen-bond donors (Lipinski definition) is 1. The molecule has 0 amide bonds. The van der Waals surface area contributed by atoms with Crippen LogP contribution in [-0.4, -0.2) is 18.2 Å². The Bertz CT molecular complexity index is 624. The summed E-state index contributed by atoms with van der Waals surface area (Å²) in [6.45, 7) is 0. The number of furan rings is 1. The van der Waals surface area contributed by atoms with Crippen LogP contribution in [0.5, 0.6) is 5.75 Å². The average molecular weight is 246 g/mol. The number of ether oxygens (including phenoxy) is 1. The zero-order valence-corrected chi connectivity index (χ0v) is 10.2. The Balaban J connectivity index is 2.38. The number of carboxylic acid groups (broad SMARTS) is 1. The number of aryl methyl sites for hydroxylation is 2. The standard InChI is InChI=1S/C14H14O4/c1-17-10-6-7-11-12-8(10)4-2-3-5-9(12)13(18-11)14(15)16/h6-7H,2-5H2,1H3,(H,15,16). The summed E-state index contributed by atoms with van der Waals surface area (Å²) in [6, 6.07) is 3.64. The number of carboxylic acids is 1. The quantitative estimate of drug-likeness (QED) is 0.884. The molecule has 0 spiro atoms. The smallest absolute Gasteiger partial charge is 0.372 e. The van der Waals surface area contributed by atoms with Crippen LogP contribution in [0.3, 0.4) is 0 Å². The van der Waals surface area contributed by atoms with Gasteiger partial charge in [-0.2, -0.15) is 0 Å². The first-order chi connectivity index (χ1) is 8.72. The lowest BCUT2D eigenvalue weighted by atomic mass is 10.0. The SMILES string of the molecule is COc1ccc2oc(C(=O)O)c3c2c1CCCC3. The third kappa shape index (κ3) is 1.49. The molecule has 4 nitrogen and oxygen atoms in total. The summed E-state index contributed by atoms with van der Waals surface area (Å²) in [6.07, 6.45) is 3.69. The molecule has 0 bridgehead atoms. The molecule has 0 unspecified atom stereocenters. The van der Waals surface area contributed by atoms with E-state index in [1.807, 2.05) is 6.07 Å². The predicted octanol–water partition coefficient (Wildman–Crippen LogP) is 3.02. The fourth-order valence-corrected chi connectivity index (χ4v) is 2.76. The van der Waals surface area contributed by atoms with Crippen molar-refractivity contribution in [3.8, 4) is 5.75 Å². The second kappa shape index (κ2) is 4.05. The van der Waals surface area contributed by atoms with E-state index < -0.39 is 5.97 Å². The van der Waals surface area contributed by atoms with Crippen molar-refractivity contribution in [1.82, 2.24) is 0 Å². The van der Waals surface area contributed by atoms with Crippen LogP contribution in [0, 0.1) is 0 Å². The van der Waals surface area contributed by atoms with Crippen molar-refractivity contribution in [2.24, 2.45) is 0 Å². The van der Waals surface area contributed by atoms with Gasteiger partial charge in [-0.1, -0.05) is 0 Å². The Hall–Kier alpha value is -1.97. The van der Waals surface area contributed by atoms with Crippen LogP contribution in [0.4, 0.5) is 0 Å². The second-order valence-corrected chi connectivity index (χ2v) is 4.54. The fraction of sp³-hybridized carbons (Fsp3) is 0.357. The molecule has 1 aliphatic carbocycles. The molecule has 0 saturated carbocycles. The van der Waals surface area contributed by atoms with Gasteiger partial charge in [0, 0.05) is 16.5 Å². The summed E-state index contributed by atoms with van der Waals surface area (Å²) in [5.74, 6) is -0.0854. The second-order valence-electron chi connectivity index (χ2n) is 4.54. The first kappa shape index (κ1) is 11.1. The lowest BCUT2D eigenvalue weighted by molar-refractivity contribution is 0.0663. The lowest BCUT2D eigenvalue weighted by Gasteiger charge is -2.07. The van der Waals surface area contributed by atoms with Crippen molar-refractivity contribution < 1.29 is 19.1 Å². The Labute approximate surface area is 104 Å². The minimum Gasteiger partial charge on any atom is -0.496 e. The number of methoxy groups -OCH3 is 1. The molecule has 0 saturated heterocycles. The van der Waals surface area contributed by atoms with E-state index in [1.54, 1.807) is 13.2 Å². The monoisotopic (exact) mass is 246 g/mol. The molecule has 1 aromatic heterocycles. The zero-order valence-electron chi connectivity index (χ0n) is 10.2. The van der Waals surface area contributed by atoms with Gasteiger partial charge in [0.2, 0.25) is 5.76 Å². The minimum absolute atomic E-state index is 0.0846. The van der Waals surface area contributed by atoms with Crippen molar-refractivity contribution in [3.63, 3.8) is 0 Å². The number of rotatable bonds is 2. The van der Waals surface area contributed by atoms with Crippen molar-refractivity contribution >= 4 is 16.9 Å². The summed E-state index contributed by atoms with van der Waals surface area (Å²) in [4.78, 5) is 11.2. The number of hydrogen-bond acceptors (Lipinski definition) is 3. The van der Waals surface area contributed by atoms with Gasteiger partial charge in [0.15, 0.2) is 0 Å². The first-order valence-electron chi connectivity index (χ1n) is 6.07. The van der Waals surface area contributed by atoms with E-state index >= 15 is 0 Å². The maximum Gasteiger partial charge on any atom is 0.372 e. The van der Waals surface area contributed by atoms with Gasteiger partial charge in [-0.25, -0.2) is 4.79 Å². The highest BCUT2D eigenvalue weighted by atomic mass is 16.5. The maximum absolute atomic E-state index is 11.2. The Kier molecular flexibility index (Phi) is 2.51. The topological polar surface area (TPSA) is 59.7 Å². The first-order valence-corrected chi connectivity index (χ1v) is 6.07. The van der Waals surface area contributed by atoms with Gasteiger partial charge in [0.25, 0.3) is 0 Å². The summed E-state index contributed by atoms with van der Waals surface area (Å²) in [5.41, 5.74) is 2.56. The molecule has 2 aromatic rings. The summed E-state index contributed by atoms with van der Waals surface area (Å²) >= 11 is 0. The highest BCUT2D eigenvalue weighted by molar-refractivity contribution is 5.97. The van der Waals surface area contributed by atoms with E-state index in [4.69, 9.17) is 9.15 Å². The van der Waals surface area contributed by atoms with Gasteiger partial charge in [-0.05, 0) is 37.8 Å². The van der Waals surface area contributed by atoms with Crippen LogP contribution in [0.15, 0.2) is 16.5 Å². The summed E-state index contributed by atoms with van der Waals surface area (Å²) in [5, 5.41) is 10.2. The van der Waals surface area contributed by atoms with E-state index in [2.05, 4.69) is 0 Å². The minimum atomic E-state index is -0.993. The van der Waals surface area contributed by atoms with Crippen LogP contribution in [-0.2, 0) is 12.8 Å². The Morgan fingerprint density at radius 2 is 2.00 bits per heavy atom. The van der Waals surface area contributed by atoms with Crippen molar-refractivity contribution in [1.29, 1.82) is 0 Å². The third-order valence-corrected chi connectivity index (χ3v) is 3.54. The highest BCUT2D eigenvalue weighted by Gasteiger charge is 2.25. The van der Waals surface area contributed by atoms with E-state index in [0.717, 1.165) is 47.9 Å². The molecule has 18 heavy (non-hydrogen) atoms. The van der Waals surface area contributed by atoms with Gasteiger partial charge in [-0.15, -0.1) is 0 Å². The number of benzene rings is 1. The van der Waals surface area contributed by atoms with E-state index in [1.165, 1.54) is 0 Å². The van der Waals surface area contributed by atoms with Crippen LogP contribution < -0.4 is 4.74 Å². The average Bonchev–Trinajstić information content (AvgIpc) is 2.59.